The molecule has 4 nitrogen and oxygen atoms in total. The minimum atomic E-state index is -0.244. The van der Waals surface area contributed by atoms with E-state index in [1.807, 2.05) is 5.38 Å². The summed E-state index contributed by atoms with van der Waals surface area (Å²) >= 11 is 4.41. The number of halogens is 1. The van der Waals surface area contributed by atoms with Crippen LogP contribution in [0.2, 0.25) is 0 Å². The fourth-order valence-corrected chi connectivity index (χ4v) is 4.39. The van der Waals surface area contributed by atoms with E-state index in [0.717, 1.165) is 25.8 Å². The molecule has 22 heavy (non-hydrogen) atoms. The van der Waals surface area contributed by atoms with Gasteiger partial charge in [-0.2, -0.15) is 4.37 Å². The van der Waals surface area contributed by atoms with E-state index in [1.165, 1.54) is 35.4 Å². The monoisotopic (exact) mass is 353 g/mol. The summed E-state index contributed by atoms with van der Waals surface area (Å²) in [7, 11) is 1.66. The number of ether oxygens (including phenoxy) is 1. The average Bonchev–Trinajstić information content (AvgIpc) is 3.16. The lowest BCUT2D eigenvalue weighted by molar-refractivity contribution is 0.200. The van der Waals surface area contributed by atoms with E-state index < -0.39 is 0 Å². The Morgan fingerprint density at radius 3 is 2.77 bits per heavy atom. The molecular formula is C14H12FN3OS3. The van der Waals surface area contributed by atoms with E-state index in [0.29, 0.717) is 13.0 Å². The summed E-state index contributed by atoms with van der Waals surface area (Å²) in [4.78, 5) is 8.99. The predicted molar refractivity (Wildman–Crippen MR) is 87.1 cm³/mol. The second kappa shape index (κ2) is 7.28. The number of hydrogen-bond acceptors (Lipinski definition) is 7. The molecule has 1 aromatic carbocycles. The summed E-state index contributed by atoms with van der Waals surface area (Å²) in [5.74, 6) is 0.552. The standard InChI is InChI=1S/C14H12FN3OS3/c1-19-7-6-12-17-14(22-18-12)21-13-16-11(8-20-13)9-2-4-10(15)5-3-9/h2-5,8H,6-7H2,1H3. The molecule has 0 amide bonds. The molecule has 0 radical (unpaired) electrons. The molecule has 0 saturated heterocycles. The van der Waals surface area contributed by atoms with Crippen molar-refractivity contribution in [1.29, 1.82) is 0 Å². The van der Waals surface area contributed by atoms with Crippen molar-refractivity contribution in [3.8, 4) is 11.3 Å². The maximum absolute atomic E-state index is 12.9. The molecule has 114 valence electrons. The second-order valence-corrected chi connectivity index (χ2v) is 7.43. The van der Waals surface area contributed by atoms with Gasteiger partial charge in [0.1, 0.15) is 11.6 Å². The average molecular weight is 353 g/mol. The minimum Gasteiger partial charge on any atom is -0.384 e. The van der Waals surface area contributed by atoms with Gasteiger partial charge in [0, 0.05) is 24.5 Å². The first-order chi connectivity index (χ1) is 10.7. The molecule has 2 aromatic heterocycles. The fourth-order valence-electron chi connectivity index (χ4n) is 1.71. The van der Waals surface area contributed by atoms with Crippen molar-refractivity contribution in [1.82, 2.24) is 14.3 Å². The van der Waals surface area contributed by atoms with Gasteiger partial charge in [0.25, 0.3) is 0 Å². The van der Waals surface area contributed by atoms with E-state index >= 15 is 0 Å². The first-order valence-corrected chi connectivity index (χ1v) is 8.92. The molecule has 0 aliphatic rings. The molecule has 0 fully saturated rings. The summed E-state index contributed by atoms with van der Waals surface area (Å²) in [6.07, 6.45) is 0.715. The molecule has 0 unspecified atom stereocenters. The van der Waals surface area contributed by atoms with Crippen LogP contribution in [0.4, 0.5) is 4.39 Å². The van der Waals surface area contributed by atoms with Crippen molar-refractivity contribution in [2.75, 3.05) is 13.7 Å². The van der Waals surface area contributed by atoms with E-state index in [9.17, 15) is 4.39 Å². The number of rotatable bonds is 6. The van der Waals surface area contributed by atoms with Crippen molar-refractivity contribution in [3.05, 3.63) is 41.3 Å². The number of aromatic nitrogens is 3. The fraction of sp³-hybridized carbons (Fsp3) is 0.214. The van der Waals surface area contributed by atoms with E-state index in [-0.39, 0.29) is 5.82 Å². The Kier molecular flexibility index (Phi) is 5.14. The lowest BCUT2D eigenvalue weighted by atomic mass is 10.2. The van der Waals surface area contributed by atoms with Gasteiger partial charge in [-0.1, -0.05) is 0 Å². The number of nitrogens with zero attached hydrogens (tertiary/aromatic N) is 3. The molecule has 8 heteroatoms. The lowest BCUT2D eigenvalue weighted by Crippen LogP contribution is -1.95. The van der Waals surface area contributed by atoms with E-state index in [1.54, 1.807) is 30.6 Å². The molecule has 2 heterocycles. The molecule has 0 aliphatic carbocycles. The van der Waals surface area contributed by atoms with Gasteiger partial charge in [-0.3, -0.25) is 0 Å². The minimum absolute atomic E-state index is 0.244. The Labute approximate surface area is 139 Å². The van der Waals surface area contributed by atoms with Gasteiger partial charge in [0.05, 0.1) is 12.3 Å². The van der Waals surface area contributed by atoms with Crippen LogP contribution >= 0.6 is 34.6 Å². The van der Waals surface area contributed by atoms with Gasteiger partial charge in [-0.05, 0) is 47.6 Å². The molecule has 0 aliphatic heterocycles. The van der Waals surface area contributed by atoms with E-state index in [4.69, 9.17) is 4.74 Å². The van der Waals surface area contributed by atoms with Gasteiger partial charge >= 0.3 is 0 Å². The second-order valence-electron chi connectivity index (χ2n) is 4.33. The highest BCUT2D eigenvalue weighted by Gasteiger charge is 2.10. The van der Waals surface area contributed by atoms with Crippen LogP contribution in [-0.2, 0) is 11.2 Å². The zero-order valence-electron chi connectivity index (χ0n) is 11.7. The predicted octanol–water partition coefficient (Wildman–Crippen LogP) is 4.14. The topological polar surface area (TPSA) is 47.9 Å². The maximum atomic E-state index is 12.9. The van der Waals surface area contributed by atoms with Crippen LogP contribution < -0.4 is 0 Å². The zero-order chi connectivity index (χ0) is 15.4. The molecule has 3 aromatic rings. The van der Waals surface area contributed by atoms with Gasteiger partial charge < -0.3 is 4.74 Å². The highest BCUT2D eigenvalue weighted by atomic mass is 32.2. The van der Waals surface area contributed by atoms with Crippen LogP contribution in [0.15, 0.2) is 38.3 Å². The van der Waals surface area contributed by atoms with Crippen LogP contribution in [0.1, 0.15) is 5.82 Å². The summed E-state index contributed by atoms with van der Waals surface area (Å²) in [5.41, 5.74) is 1.75. The van der Waals surface area contributed by atoms with Gasteiger partial charge in [0.2, 0.25) is 0 Å². The Balaban J connectivity index is 1.69. The quantitative estimate of drug-likeness (QED) is 0.666. The van der Waals surface area contributed by atoms with Crippen molar-refractivity contribution in [2.24, 2.45) is 0 Å². The molecular weight excluding hydrogens is 341 g/mol. The van der Waals surface area contributed by atoms with Crippen LogP contribution in [0, 0.1) is 5.82 Å². The molecule has 0 spiro atoms. The van der Waals surface area contributed by atoms with Gasteiger partial charge in [-0.25, -0.2) is 14.4 Å². The Bertz CT molecular complexity index is 742. The first-order valence-electron chi connectivity index (χ1n) is 6.45. The molecule has 0 atom stereocenters. The highest BCUT2D eigenvalue weighted by Crippen LogP contribution is 2.34. The third-order valence-corrected chi connectivity index (χ3v) is 5.50. The van der Waals surface area contributed by atoms with Crippen molar-refractivity contribution < 1.29 is 9.13 Å². The number of benzene rings is 1. The normalized spacial score (nSPS) is 11.0. The van der Waals surface area contributed by atoms with Crippen molar-refractivity contribution in [3.63, 3.8) is 0 Å². The SMILES string of the molecule is COCCc1nsc(Sc2nc(-c3ccc(F)cc3)cs2)n1. The third kappa shape index (κ3) is 3.89. The molecule has 3 rings (SSSR count). The van der Waals surface area contributed by atoms with Crippen LogP contribution in [0.25, 0.3) is 11.3 Å². The third-order valence-electron chi connectivity index (χ3n) is 2.78. The smallest absolute Gasteiger partial charge is 0.177 e. The lowest BCUT2D eigenvalue weighted by Gasteiger charge is -1.95. The number of thiazole rings is 1. The van der Waals surface area contributed by atoms with Crippen LogP contribution in [0.5, 0.6) is 0 Å². The van der Waals surface area contributed by atoms with Crippen LogP contribution in [-0.4, -0.2) is 28.1 Å². The first kappa shape index (κ1) is 15.5. The number of methoxy groups -OCH3 is 1. The van der Waals surface area contributed by atoms with Crippen LogP contribution in [0.3, 0.4) is 0 Å². The summed E-state index contributed by atoms with van der Waals surface area (Å²) in [5, 5.41) is 1.96. The largest absolute Gasteiger partial charge is 0.384 e. The van der Waals surface area contributed by atoms with Gasteiger partial charge in [0.15, 0.2) is 8.68 Å². The maximum Gasteiger partial charge on any atom is 0.177 e. The Hall–Kier alpha value is -1.35. The molecule has 0 N–H and O–H groups in total. The number of hydrogen-bond donors (Lipinski definition) is 0. The van der Waals surface area contributed by atoms with Crippen molar-refractivity contribution >= 4 is 34.6 Å². The zero-order valence-corrected chi connectivity index (χ0v) is 14.1. The highest BCUT2D eigenvalue weighted by molar-refractivity contribution is 8.02. The summed E-state index contributed by atoms with van der Waals surface area (Å²) in [6.45, 7) is 0.618. The van der Waals surface area contributed by atoms with Crippen molar-refractivity contribution in [2.45, 2.75) is 15.1 Å². The Morgan fingerprint density at radius 2 is 2.00 bits per heavy atom. The molecule has 0 bridgehead atoms. The molecule has 0 saturated carbocycles. The summed E-state index contributed by atoms with van der Waals surface area (Å²) < 4.78 is 24.0. The van der Waals surface area contributed by atoms with E-state index in [2.05, 4.69) is 14.3 Å². The Morgan fingerprint density at radius 1 is 1.18 bits per heavy atom. The van der Waals surface area contributed by atoms with Gasteiger partial charge in [-0.15, -0.1) is 11.3 Å². The summed E-state index contributed by atoms with van der Waals surface area (Å²) in [6, 6.07) is 6.34.